The Morgan fingerprint density at radius 3 is 2.92 bits per heavy atom. The number of hydrogen-bond donors (Lipinski definition) is 0. The first kappa shape index (κ1) is 17.5. The topological polar surface area (TPSA) is 47.7 Å². The third-order valence-corrected chi connectivity index (χ3v) is 5.69. The van der Waals surface area contributed by atoms with Crippen LogP contribution in [0.1, 0.15) is 31.4 Å². The lowest BCUT2D eigenvalue weighted by atomic mass is 9.78. The van der Waals surface area contributed by atoms with Crippen molar-refractivity contribution in [3.8, 4) is 5.88 Å². The first-order valence-electron chi connectivity index (χ1n) is 9.37. The molecule has 0 bridgehead atoms. The molecular formula is C20H25FN2O3. The maximum atomic E-state index is 13.6. The average Bonchev–Trinajstić information content (AvgIpc) is 3.29. The zero-order valence-electron chi connectivity index (χ0n) is 14.9. The molecule has 2 saturated heterocycles. The van der Waals surface area contributed by atoms with Crippen molar-refractivity contribution in [2.75, 3.05) is 26.3 Å². The van der Waals surface area contributed by atoms with E-state index in [1.165, 1.54) is 6.07 Å². The predicted octanol–water partition coefficient (Wildman–Crippen LogP) is 3.65. The second-order valence-corrected chi connectivity index (χ2v) is 7.18. The second-order valence-electron chi connectivity index (χ2n) is 7.18. The number of aromatic nitrogens is 1. The Labute approximate surface area is 153 Å². The number of halogens is 1. The number of ether oxygens (including phenoxy) is 2. The lowest BCUT2D eigenvalue weighted by Gasteiger charge is -2.42. The third kappa shape index (κ3) is 3.76. The van der Waals surface area contributed by atoms with E-state index in [4.69, 9.17) is 13.9 Å². The minimum atomic E-state index is -0.406. The summed E-state index contributed by atoms with van der Waals surface area (Å²) in [5.74, 6) is 1.15. The molecule has 0 aromatic carbocycles. The standard InChI is InChI=1S/C20H25FN2O3/c21-18-4-1-9-22-19(18)25-13-5-16-6-14-26-20(16)7-10-23(11-8-20)15-17-3-2-12-24-17/h1-4,9,12,16H,5-8,10-11,13-15H2/t16-/m0/s1. The highest BCUT2D eigenvalue weighted by Gasteiger charge is 2.45. The Bertz CT molecular complexity index is 699. The van der Waals surface area contributed by atoms with E-state index in [1.807, 2.05) is 12.1 Å². The third-order valence-electron chi connectivity index (χ3n) is 5.69. The van der Waals surface area contributed by atoms with Gasteiger partial charge in [0.1, 0.15) is 5.76 Å². The van der Waals surface area contributed by atoms with Gasteiger partial charge in [-0.15, -0.1) is 0 Å². The van der Waals surface area contributed by atoms with Crippen LogP contribution in [0.3, 0.4) is 0 Å². The molecule has 1 atom stereocenters. The number of likely N-dealkylation sites (tertiary alicyclic amines) is 1. The van der Waals surface area contributed by atoms with Gasteiger partial charge in [-0.1, -0.05) is 0 Å². The molecule has 4 rings (SSSR count). The highest BCUT2D eigenvalue weighted by atomic mass is 19.1. The smallest absolute Gasteiger partial charge is 0.250 e. The molecule has 0 aliphatic carbocycles. The molecule has 2 aliphatic rings. The van der Waals surface area contributed by atoms with Crippen molar-refractivity contribution in [2.45, 2.75) is 37.8 Å². The second kappa shape index (κ2) is 7.76. The number of pyridine rings is 1. The van der Waals surface area contributed by atoms with Crippen LogP contribution in [-0.2, 0) is 11.3 Å². The zero-order valence-corrected chi connectivity index (χ0v) is 14.9. The minimum Gasteiger partial charge on any atom is -0.476 e. The summed E-state index contributed by atoms with van der Waals surface area (Å²) < 4.78 is 30.8. The number of hydrogen-bond acceptors (Lipinski definition) is 5. The first-order chi connectivity index (χ1) is 12.8. The monoisotopic (exact) mass is 360 g/mol. The van der Waals surface area contributed by atoms with Crippen LogP contribution in [0.25, 0.3) is 0 Å². The summed E-state index contributed by atoms with van der Waals surface area (Å²) in [7, 11) is 0. The summed E-state index contributed by atoms with van der Waals surface area (Å²) in [5.41, 5.74) is -0.0499. The molecule has 1 spiro atoms. The van der Waals surface area contributed by atoms with Gasteiger partial charge in [0.05, 0.1) is 25.0 Å². The van der Waals surface area contributed by atoms with Crippen LogP contribution in [0.5, 0.6) is 5.88 Å². The molecule has 0 amide bonds. The molecule has 0 unspecified atom stereocenters. The van der Waals surface area contributed by atoms with Gasteiger partial charge >= 0.3 is 0 Å². The van der Waals surface area contributed by atoms with E-state index in [9.17, 15) is 4.39 Å². The number of furan rings is 1. The van der Waals surface area contributed by atoms with E-state index < -0.39 is 5.82 Å². The minimum absolute atomic E-state index is 0.0499. The van der Waals surface area contributed by atoms with E-state index in [0.717, 1.165) is 57.7 Å². The number of piperidine rings is 1. The Kier molecular flexibility index (Phi) is 5.22. The van der Waals surface area contributed by atoms with E-state index in [-0.39, 0.29) is 11.5 Å². The lowest BCUT2D eigenvalue weighted by molar-refractivity contribution is -0.0716. The van der Waals surface area contributed by atoms with Gasteiger partial charge in [-0.25, -0.2) is 9.37 Å². The van der Waals surface area contributed by atoms with Crippen molar-refractivity contribution in [3.63, 3.8) is 0 Å². The van der Waals surface area contributed by atoms with Crippen molar-refractivity contribution in [1.29, 1.82) is 0 Å². The Morgan fingerprint density at radius 2 is 2.15 bits per heavy atom. The van der Waals surface area contributed by atoms with Gasteiger partial charge in [0.25, 0.3) is 0 Å². The summed E-state index contributed by atoms with van der Waals surface area (Å²) >= 11 is 0. The van der Waals surface area contributed by atoms with Gasteiger partial charge in [0.2, 0.25) is 5.88 Å². The van der Waals surface area contributed by atoms with Crippen LogP contribution < -0.4 is 4.74 Å². The molecule has 140 valence electrons. The van der Waals surface area contributed by atoms with Crippen LogP contribution in [0.15, 0.2) is 41.1 Å². The molecule has 6 heteroatoms. The molecule has 0 N–H and O–H groups in total. The fraction of sp³-hybridized carbons (Fsp3) is 0.550. The van der Waals surface area contributed by atoms with Crippen LogP contribution in [0, 0.1) is 11.7 Å². The molecule has 0 saturated carbocycles. The molecule has 4 heterocycles. The molecule has 5 nitrogen and oxygen atoms in total. The van der Waals surface area contributed by atoms with Gasteiger partial charge in [-0.3, -0.25) is 4.90 Å². The Morgan fingerprint density at radius 1 is 1.27 bits per heavy atom. The molecular weight excluding hydrogens is 335 g/mol. The van der Waals surface area contributed by atoms with Crippen LogP contribution in [0.2, 0.25) is 0 Å². The SMILES string of the molecule is Fc1cccnc1OCC[C@H]1CCOC12CCN(Cc1ccco1)CC2. The number of rotatable bonds is 6. The van der Waals surface area contributed by atoms with Gasteiger partial charge in [0.15, 0.2) is 5.82 Å². The summed E-state index contributed by atoms with van der Waals surface area (Å²) in [6.07, 6.45) is 7.24. The molecule has 2 aromatic rings. The molecule has 2 aromatic heterocycles. The van der Waals surface area contributed by atoms with E-state index in [0.29, 0.717) is 12.5 Å². The fourth-order valence-corrected chi connectivity index (χ4v) is 4.23. The summed E-state index contributed by atoms with van der Waals surface area (Å²) in [6, 6.07) is 6.89. The fourth-order valence-electron chi connectivity index (χ4n) is 4.23. The normalized spacial score (nSPS) is 22.7. The van der Waals surface area contributed by atoms with Gasteiger partial charge in [0, 0.05) is 25.9 Å². The average molecular weight is 360 g/mol. The first-order valence-corrected chi connectivity index (χ1v) is 9.37. The summed E-state index contributed by atoms with van der Waals surface area (Å²) in [6.45, 7) is 4.15. The molecule has 0 radical (unpaired) electrons. The van der Waals surface area contributed by atoms with Gasteiger partial charge in [-0.2, -0.15) is 0 Å². The molecule has 2 fully saturated rings. The van der Waals surface area contributed by atoms with Crippen LogP contribution in [0.4, 0.5) is 4.39 Å². The molecule has 26 heavy (non-hydrogen) atoms. The predicted molar refractivity (Wildman–Crippen MR) is 94.3 cm³/mol. The summed E-state index contributed by atoms with van der Waals surface area (Å²) in [4.78, 5) is 6.37. The van der Waals surface area contributed by atoms with Crippen molar-refractivity contribution in [2.24, 2.45) is 5.92 Å². The van der Waals surface area contributed by atoms with Crippen molar-refractivity contribution >= 4 is 0 Å². The van der Waals surface area contributed by atoms with Gasteiger partial charge in [-0.05, 0) is 55.9 Å². The maximum Gasteiger partial charge on any atom is 0.250 e. The summed E-state index contributed by atoms with van der Waals surface area (Å²) in [5, 5.41) is 0. The Hall–Kier alpha value is -1.92. The van der Waals surface area contributed by atoms with Crippen molar-refractivity contribution < 1.29 is 18.3 Å². The highest BCUT2D eigenvalue weighted by molar-refractivity contribution is 5.12. The highest BCUT2D eigenvalue weighted by Crippen LogP contribution is 2.42. The quantitative estimate of drug-likeness (QED) is 0.787. The number of nitrogens with zero attached hydrogens (tertiary/aromatic N) is 2. The van der Waals surface area contributed by atoms with Crippen molar-refractivity contribution in [1.82, 2.24) is 9.88 Å². The van der Waals surface area contributed by atoms with E-state index >= 15 is 0 Å². The molecule has 2 aliphatic heterocycles. The van der Waals surface area contributed by atoms with Gasteiger partial charge < -0.3 is 13.9 Å². The zero-order chi connectivity index (χ0) is 17.8. The lowest BCUT2D eigenvalue weighted by Crippen LogP contribution is -2.47. The van der Waals surface area contributed by atoms with E-state index in [1.54, 1.807) is 18.5 Å². The van der Waals surface area contributed by atoms with Crippen LogP contribution >= 0.6 is 0 Å². The van der Waals surface area contributed by atoms with Crippen molar-refractivity contribution in [3.05, 3.63) is 48.3 Å². The van der Waals surface area contributed by atoms with Crippen LogP contribution in [-0.4, -0.2) is 41.8 Å². The largest absolute Gasteiger partial charge is 0.476 e. The Balaban J connectivity index is 1.28. The van der Waals surface area contributed by atoms with E-state index in [2.05, 4.69) is 9.88 Å². The maximum absolute atomic E-state index is 13.6.